The van der Waals surface area contributed by atoms with E-state index in [0.29, 0.717) is 12.5 Å². The molecule has 110 valence electrons. The van der Waals surface area contributed by atoms with Crippen molar-refractivity contribution in [1.29, 1.82) is 0 Å². The number of aromatic nitrogens is 2. The van der Waals surface area contributed by atoms with Gasteiger partial charge in [0.05, 0.1) is 0 Å². The third-order valence-corrected chi connectivity index (χ3v) is 3.10. The number of nitrogens with zero attached hydrogens (tertiary/aromatic N) is 2. The van der Waals surface area contributed by atoms with Crippen LogP contribution in [-0.2, 0) is 4.79 Å². The van der Waals surface area contributed by atoms with E-state index in [1.807, 2.05) is 26.1 Å². The van der Waals surface area contributed by atoms with E-state index in [-0.39, 0.29) is 0 Å². The van der Waals surface area contributed by atoms with Crippen LogP contribution in [0.5, 0.6) is 0 Å². The second kappa shape index (κ2) is 9.07. The Labute approximate surface area is 120 Å². The van der Waals surface area contributed by atoms with Crippen LogP contribution in [-0.4, -0.2) is 29.5 Å². The molecule has 0 aliphatic heterocycles. The van der Waals surface area contributed by atoms with E-state index in [0.717, 1.165) is 17.2 Å². The lowest BCUT2D eigenvalue weighted by Gasteiger charge is -2.14. The van der Waals surface area contributed by atoms with Crippen LogP contribution in [0.2, 0.25) is 0 Å². The molecule has 1 fully saturated rings. The molecule has 5 nitrogen and oxygen atoms in total. The summed E-state index contributed by atoms with van der Waals surface area (Å²) >= 11 is 0. The summed E-state index contributed by atoms with van der Waals surface area (Å²) in [7, 11) is 1.56. The Morgan fingerprint density at radius 2 is 2.00 bits per heavy atom. The molecule has 0 spiro atoms. The summed E-state index contributed by atoms with van der Waals surface area (Å²) in [6.45, 7) is 3.94. The van der Waals surface area contributed by atoms with Crippen molar-refractivity contribution in [3.8, 4) is 0 Å². The van der Waals surface area contributed by atoms with E-state index >= 15 is 0 Å². The fourth-order valence-corrected chi connectivity index (χ4v) is 2.16. The smallest absolute Gasteiger partial charge is 0.206 e. The summed E-state index contributed by atoms with van der Waals surface area (Å²) in [5.74, 6) is 1.81. The van der Waals surface area contributed by atoms with Gasteiger partial charge in [-0.05, 0) is 26.7 Å². The predicted octanol–water partition coefficient (Wildman–Crippen LogP) is 2.53. The minimum absolute atomic E-state index is 0.596. The van der Waals surface area contributed by atoms with Crippen LogP contribution in [0.4, 0.5) is 5.82 Å². The largest absolute Gasteiger partial charge is 0.367 e. The molecule has 1 aromatic heterocycles. The lowest BCUT2D eigenvalue weighted by molar-refractivity contribution is -0.109. The second-order valence-corrected chi connectivity index (χ2v) is 4.75. The average Bonchev–Trinajstić information content (AvgIpc) is 2.95. The summed E-state index contributed by atoms with van der Waals surface area (Å²) in [5.41, 5.74) is 1.08. The van der Waals surface area contributed by atoms with Crippen molar-refractivity contribution in [2.75, 3.05) is 12.4 Å². The molecule has 2 N–H and O–H groups in total. The third-order valence-electron chi connectivity index (χ3n) is 3.10. The van der Waals surface area contributed by atoms with Gasteiger partial charge in [-0.15, -0.1) is 0 Å². The summed E-state index contributed by atoms with van der Waals surface area (Å²) in [5, 5.41) is 5.78. The van der Waals surface area contributed by atoms with E-state index in [1.54, 1.807) is 7.05 Å². The molecule has 1 saturated carbocycles. The monoisotopic (exact) mass is 276 g/mol. The maximum Gasteiger partial charge on any atom is 0.206 e. The number of rotatable bonds is 4. The van der Waals surface area contributed by atoms with Gasteiger partial charge in [-0.25, -0.2) is 9.97 Å². The third kappa shape index (κ3) is 5.38. The Morgan fingerprint density at radius 1 is 1.35 bits per heavy atom. The fraction of sp³-hybridized carbons (Fsp3) is 0.533. The van der Waals surface area contributed by atoms with Crippen LogP contribution in [0.1, 0.15) is 44.0 Å². The maximum absolute atomic E-state index is 9.06. The highest BCUT2D eigenvalue weighted by Gasteiger charge is 2.16. The van der Waals surface area contributed by atoms with Gasteiger partial charge in [0.1, 0.15) is 11.6 Å². The van der Waals surface area contributed by atoms with Crippen molar-refractivity contribution in [2.45, 2.75) is 45.6 Å². The number of hydrogen-bond donors (Lipinski definition) is 2. The van der Waals surface area contributed by atoms with Crippen LogP contribution in [0.3, 0.4) is 0 Å². The second-order valence-electron chi connectivity index (χ2n) is 4.75. The van der Waals surface area contributed by atoms with Gasteiger partial charge in [0.15, 0.2) is 0 Å². The van der Waals surface area contributed by atoms with E-state index in [1.165, 1.54) is 25.7 Å². The topological polar surface area (TPSA) is 66.9 Å². The first-order valence-electron chi connectivity index (χ1n) is 7.05. The number of aryl methyl sites for hydroxylation is 1. The summed E-state index contributed by atoms with van der Waals surface area (Å²) in [6.07, 6.45) is 11.8. The van der Waals surface area contributed by atoms with E-state index in [2.05, 4.69) is 26.7 Å². The maximum atomic E-state index is 9.06. The van der Waals surface area contributed by atoms with E-state index in [9.17, 15) is 0 Å². The predicted molar refractivity (Wildman–Crippen MR) is 82.5 cm³/mol. The minimum atomic E-state index is 0.596. The Hall–Kier alpha value is -1.91. The number of nitrogens with one attached hydrogen (secondary N) is 2. The van der Waals surface area contributed by atoms with Crippen LogP contribution in [0.25, 0.3) is 6.08 Å². The molecule has 0 aromatic carbocycles. The molecule has 5 heteroatoms. The number of allylic oxidation sites excluding steroid dienone is 1. The fourth-order valence-electron chi connectivity index (χ4n) is 2.16. The van der Waals surface area contributed by atoms with Gasteiger partial charge in [-0.3, -0.25) is 4.79 Å². The van der Waals surface area contributed by atoms with E-state index in [4.69, 9.17) is 4.79 Å². The van der Waals surface area contributed by atoms with Gasteiger partial charge in [0.2, 0.25) is 6.41 Å². The SMILES string of the molecule is C/C=C/c1cnc(C)nc1NC1CCCC1.CNC=O. The molecular weight excluding hydrogens is 252 g/mol. The first-order chi connectivity index (χ1) is 9.71. The van der Waals surface area contributed by atoms with Crippen molar-refractivity contribution >= 4 is 18.3 Å². The highest BCUT2D eigenvalue weighted by molar-refractivity contribution is 5.62. The zero-order chi connectivity index (χ0) is 14.8. The standard InChI is InChI=1S/C13H19N3.C2H5NO/c1-3-6-11-9-14-10(2)15-13(11)16-12-7-4-5-8-12;1-3-2-4/h3,6,9,12H,4-5,7-8H2,1-2H3,(H,14,15,16);2H,1H3,(H,3,4)/b6-3+;. The van der Waals surface area contributed by atoms with Crippen molar-refractivity contribution in [3.05, 3.63) is 23.7 Å². The van der Waals surface area contributed by atoms with Crippen molar-refractivity contribution in [1.82, 2.24) is 15.3 Å². The molecular formula is C15H24N4O. The molecule has 20 heavy (non-hydrogen) atoms. The Morgan fingerprint density at radius 3 is 2.55 bits per heavy atom. The molecule has 2 rings (SSSR count). The number of carbonyl (C=O) groups excluding carboxylic acids is 1. The lowest BCUT2D eigenvalue weighted by Crippen LogP contribution is -2.17. The lowest BCUT2D eigenvalue weighted by atomic mass is 10.2. The summed E-state index contributed by atoms with van der Waals surface area (Å²) in [6, 6.07) is 0.596. The summed E-state index contributed by atoms with van der Waals surface area (Å²) in [4.78, 5) is 17.8. The van der Waals surface area contributed by atoms with Crippen LogP contribution >= 0.6 is 0 Å². The van der Waals surface area contributed by atoms with Crippen molar-refractivity contribution in [2.24, 2.45) is 0 Å². The van der Waals surface area contributed by atoms with Gasteiger partial charge in [0.25, 0.3) is 0 Å². The highest BCUT2D eigenvalue weighted by Crippen LogP contribution is 2.23. The molecule has 0 atom stereocenters. The van der Waals surface area contributed by atoms with Gasteiger partial charge in [-0.2, -0.15) is 0 Å². The van der Waals surface area contributed by atoms with E-state index < -0.39 is 0 Å². The Bertz CT molecular complexity index is 439. The average molecular weight is 276 g/mol. The van der Waals surface area contributed by atoms with Crippen LogP contribution < -0.4 is 10.6 Å². The number of carbonyl (C=O) groups is 1. The molecule has 1 aliphatic rings. The van der Waals surface area contributed by atoms with Gasteiger partial charge < -0.3 is 10.6 Å². The molecule has 1 amide bonds. The van der Waals surface area contributed by atoms with Crippen LogP contribution in [0, 0.1) is 6.92 Å². The summed E-state index contributed by atoms with van der Waals surface area (Å²) < 4.78 is 0. The minimum Gasteiger partial charge on any atom is -0.367 e. The van der Waals surface area contributed by atoms with Gasteiger partial charge in [0, 0.05) is 24.8 Å². The molecule has 0 unspecified atom stereocenters. The normalized spacial score (nSPS) is 14.8. The van der Waals surface area contributed by atoms with Crippen molar-refractivity contribution in [3.63, 3.8) is 0 Å². The molecule has 1 heterocycles. The van der Waals surface area contributed by atoms with Gasteiger partial charge >= 0.3 is 0 Å². The molecule has 1 aromatic rings. The van der Waals surface area contributed by atoms with Crippen molar-refractivity contribution < 1.29 is 4.79 Å². The Balaban J connectivity index is 0.000000444. The molecule has 0 saturated heterocycles. The zero-order valence-electron chi connectivity index (χ0n) is 12.5. The number of hydrogen-bond acceptors (Lipinski definition) is 4. The zero-order valence-corrected chi connectivity index (χ0v) is 12.5. The molecule has 1 aliphatic carbocycles. The highest BCUT2D eigenvalue weighted by atomic mass is 16.1. The first-order valence-corrected chi connectivity index (χ1v) is 7.05. The first kappa shape index (κ1) is 16.1. The number of amides is 1. The van der Waals surface area contributed by atoms with Crippen LogP contribution in [0.15, 0.2) is 12.3 Å². The molecule has 0 bridgehead atoms. The number of anilines is 1. The quantitative estimate of drug-likeness (QED) is 0.829. The Kier molecular flexibility index (Phi) is 7.32. The van der Waals surface area contributed by atoms with Gasteiger partial charge in [-0.1, -0.05) is 25.0 Å². The molecule has 0 radical (unpaired) electrons.